The number of piperazine rings is 1. The van der Waals surface area contributed by atoms with E-state index in [0.717, 1.165) is 29.8 Å². The zero-order valence-electron chi connectivity index (χ0n) is 13.2. The maximum atomic E-state index is 2.72. The lowest BCUT2D eigenvalue weighted by Crippen LogP contribution is -2.49. The van der Waals surface area contributed by atoms with Gasteiger partial charge in [0.25, 0.3) is 0 Å². The second-order valence-corrected chi connectivity index (χ2v) is 7.47. The van der Waals surface area contributed by atoms with Gasteiger partial charge in [0.2, 0.25) is 0 Å². The highest BCUT2D eigenvalue weighted by atomic mass is 15.3. The summed E-state index contributed by atoms with van der Waals surface area (Å²) in [6, 6.07) is 1.48. The Morgan fingerprint density at radius 2 is 1.32 bits per heavy atom. The Morgan fingerprint density at radius 3 is 1.79 bits per heavy atom. The molecule has 2 saturated heterocycles. The Morgan fingerprint density at radius 1 is 0.789 bits per heavy atom. The van der Waals surface area contributed by atoms with E-state index in [1.165, 1.54) is 45.8 Å². The summed E-state index contributed by atoms with van der Waals surface area (Å²) in [4.78, 5) is 8.01. The number of rotatable bonds is 4. The quantitative estimate of drug-likeness (QED) is 0.764. The van der Waals surface area contributed by atoms with Crippen LogP contribution in [-0.2, 0) is 0 Å². The Kier molecular flexibility index (Phi) is 3.89. The second-order valence-electron chi connectivity index (χ2n) is 7.47. The van der Waals surface area contributed by atoms with Crippen molar-refractivity contribution < 1.29 is 0 Å². The summed E-state index contributed by atoms with van der Waals surface area (Å²) in [7, 11) is 0. The predicted octanol–water partition coefficient (Wildman–Crippen LogP) is 1.60. The highest BCUT2D eigenvalue weighted by Gasteiger charge is 2.55. The molecule has 19 heavy (non-hydrogen) atoms. The smallest absolute Gasteiger partial charge is 0.0113 e. The van der Waals surface area contributed by atoms with E-state index in [4.69, 9.17) is 0 Å². The molecular weight excluding hydrogens is 234 g/mol. The molecule has 3 fully saturated rings. The lowest BCUT2D eigenvalue weighted by atomic mass is 10.2. The summed E-state index contributed by atoms with van der Waals surface area (Å²) < 4.78 is 0. The molecule has 0 aromatic heterocycles. The lowest BCUT2D eigenvalue weighted by Gasteiger charge is -2.37. The van der Waals surface area contributed by atoms with Crippen LogP contribution in [0.15, 0.2) is 0 Å². The molecule has 0 N–H and O–H groups in total. The third kappa shape index (κ3) is 2.84. The highest BCUT2D eigenvalue weighted by Crippen LogP contribution is 2.52. The summed E-state index contributed by atoms with van der Waals surface area (Å²) in [5.74, 6) is 3.09. The van der Waals surface area contributed by atoms with Gasteiger partial charge >= 0.3 is 0 Å². The first kappa shape index (κ1) is 13.8. The standard InChI is InChI=1S/C16H31N3/c1-12(2)18-7-5-17(6-8-18)9-14-15-10-19(13(3)4)11-16(14)15/h12-16H,5-11H2,1-4H3/t14?,15-,16+. The number of hydrogen-bond acceptors (Lipinski definition) is 3. The zero-order chi connectivity index (χ0) is 13.6. The van der Waals surface area contributed by atoms with Gasteiger partial charge in [-0.05, 0) is 45.4 Å². The lowest BCUT2D eigenvalue weighted by molar-refractivity contribution is 0.0995. The van der Waals surface area contributed by atoms with Crippen molar-refractivity contribution in [3.63, 3.8) is 0 Å². The molecule has 3 aliphatic rings. The first-order chi connectivity index (χ1) is 9.06. The van der Waals surface area contributed by atoms with E-state index in [1.54, 1.807) is 0 Å². The molecule has 110 valence electrons. The topological polar surface area (TPSA) is 9.72 Å². The molecule has 1 unspecified atom stereocenters. The van der Waals surface area contributed by atoms with Crippen LogP contribution >= 0.6 is 0 Å². The van der Waals surface area contributed by atoms with Gasteiger partial charge < -0.3 is 9.80 Å². The molecule has 0 spiro atoms. The van der Waals surface area contributed by atoms with Crippen molar-refractivity contribution in [2.45, 2.75) is 39.8 Å². The van der Waals surface area contributed by atoms with Crippen molar-refractivity contribution in [2.75, 3.05) is 45.8 Å². The molecule has 3 rings (SSSR count). The van der Waals surface area contributed by atoms with Crippen LogP contribution in [0.1, 0.15) is 27.7 Å². The molecule has 0 radical (unpaired) electrons. The second kappa shape index (κ2) is 5.34. The molecule has 0 bridgehead atoms. The van der Waals surface area contributed by atoms with Gasteiger partial charge in [0, 0.05) is 57.9 Å². The van der Waals surface area contributed by atoms with E-state index >= 15 is 0 Å². The number of likely N-dealkylation sites (tertiary alicyclic amines) is 1. The molecule has 0 aromatic rings. The van der Waals surface area contributed by atoms with Crippen LogP contribution in [0.2, 0.25) is 0 Å². The Hall–Kier alpha value is -0.120. The van der Waals surface area contributed by atoms with Gasteiger partial charge in [0.15, 0.2) is 0 Å². The molecule has 3 nitrogen and oxygen atoms in total. The first-order valence-electron chi connectivity index (χ1n) is 8.26. The van der Waals surface area contributed by atoms with Crippen molar-refractivity contribution in [2.24, 2.45) is 17.8 Å². The summed E-state index contributed by atoms with van der Waals surface area (Å²) >= 11 is 0. The average Bonchev–Trinajstić information content (AvgIpc) is 2.84. The van der Waals surface area contributed by atoms with E-state index < -0.39 is 0 Å². The maximum Gasteiger partial charge on any atom is 0.0113 e. The molecule has 2 heterocycles. The monoisotopic (exact) mass is 265 g/mol. The van der Waals surface area contributed by atoms with Crippen molar-refractivity contribution in [3.8, 4) is 0 Å². The van der Waals surface area contributed by atoms with E-state index in [9.17, 15) is 0 Å². The van der Waals surface area contributed by atoms with Gasteiger partial charge in [-0.1, -0.05) is 0 Å². The van der Waals surface area contributed by atoms with Crippen LogP contribution in [-0.4, -0.2) is 72.6 Å². The maximum absolute atomic E-state index is 2.72. The third-order valence-corrected chi connectivity index (χ3v) is 5.74. The van der Waals surface area contributed by atoms with Gasteiger partial charge in [0.1, 0.15) is 0 Å². The number of fused-ring (bicyclic) bond motifs is 1. The van der Waals surface area contributed by atoms with Crippen LogP contribution in [0.4, 0.5) is 0 Å². The van der Waals surface area contributed by atoms with Crippen molar-refractivity contribution in [1.29, 1.82) is 0 Å². The minimum Gasteiger partial charge on any atom is -0.300 e. The summed E-state index contributed by atoms with van der Waals surface area (Å²) in [6.07, 6.45) is 0. The van der Waals surface area contributed by atoms with Crippen LogP contribution in [0.5, 0.6) is 0 Å². The molecule has 2 aliphatic heterocycles. The predicted molar refractivity (Wildman–Crippen MR) is 80.3 cm³/mol. The van der Waals surface area contributed by atoms with Crippen LogP contribution in [0, 0.1) is 17.8 Å². The zero-order valence-corrected chi connectivity index (χ0v) is 13.2. The molecule has 1 aliphatic carbocycles. The molecule has 0 aromatic carbocycles. The summed E-state index contributed by atoms with van der Waals surface area (Å²) in [5, 5.41) is 0. The summed E-state index contributed by atoms with van der Waals surface area (Å²) in [6.45, 7) is 18.6. The Labute approximate surface area is 118 Å². The largest absolute Gasteiger partial charge is 0.300 e. The van der Waals surface area contributed by atoms with Crippen LogP contribution in [0.25, 0.3) is 0 Å². The Balaban J connectivity index is 1.39. The van der Waals surface area contributed by atoms with E-state index in [2.05, 4.69) is 42.4 Å². The number of nitrogens with zero attached hydrogens (tertiary/aromatic N) is 3. The summed E-state index contributed by atoms with van der Waals surface area (Å²) in [5.41, 5.74) is 0. The van der Waals surface area contributed by atoms with E-state index in [-0.39, 0.29) is 0 Å². The van der Waals surface area contributed by atoms with Crippen molar-refractivity contribution >= 4 is 0 Å². The minimum atomic E-state index is 0.724. The minimum absolute atomic E-state index is 0.724. The van der Waals surface area contributed by atoms with Gasteiger partial charge in [-0.3, -0.25) is 4.90 Å². The molecule has 3 atom stereocenters. The fourth-order valence-electron chi connectivity index (χ4n) is 4.13. The fourth-order valence-corrected chi connectivity index (χ4v) is 4.13. The van der Waals surface area contributed by atoms with E-state index in [1.807, 2.05) is 0 Å². The third-order valence-electron chi connectivity index (χ3n) is 5.74. The van der Waals surface area contributed by atoms with Crippen molar-refractivity contribution in [3.05, 3.63) is 0 Å². The molecular formula is C16H31N3. The van der Waals surface area contributed by atoms with Crippen LogP contribution < -0.4 is 0 Å². The van der Waals surface area contributed by atoms with E-state index in [0.29, 0.717) is 0 Å². The number of hydrogen-bond donors (Lipinski definition) is 0. The normalized spacial score (nSPS) is 37.3. The average molecular weight is 265 g/mol. The van der Waals surface area contributed by atoms with Gasteiger partial charge in [-0.2, -0.15) is 0 Å². The van der Waals surface area contributed by atoms with Gasteiger partial charge in [-0.25, -0.2) is 0 Å². The Bertz CT molecular complexity index is 289. The molecule has 1 saturated carbocycles. The van der Waals surface area contributed by atoms with Crippen molar-refractivity contribution in [1.82, 2.24) is 14.7 Å². The van der Waals surface area contributed by atoms with Crippen LogP contribution in [0.3, 0.4) is 0 Å². The number of piperidine rings is 1. The molecule has 3 heteroatoms. The first-order valence-corrected chi connectivity index (χ1v) is 8.26. The van der Waals surface area contributed by atoms with Gasteiger partial charge in [-0.15, -0.1) is 0 Å². The fraction of sp³-hybridized carbons (Fsp3) is 1.00. The molecule has 0 amide bonds. The van der Waals surface area contributed by atoms with Gasteiger partial charge in [0.05, 0.1) is 0 Å². The highest BCUT2D eigenvalue weighted by molar-refractivity contribution is 5.06. The SMILES string of the molecule is CC(C)N1CCN(CC2[C@H]3CN(C(C)C)C[C@@H]23)CC1.